The average molecular weight is 290 g/mol. The van der Waals surface area contributed by atoms with Gasteiger partial charge in [-0.15, -0.1) is 0 Å². The Kier molecular flexibility index (Phi) is 4.68. The molecule has 0 N–H and O–H groups in total. The van der Waals surface area contributed by atoms with Gasteiger partial charge in [-0.05, 0) is 50.9 Å². The fourth-order valence-corrected chi connectivity index (χ4v) is 4.45. The smallest absolute Gasteiger partial charge is 0.222 e. The lowest BCUT2D eigenvalue weighted by atomic mass is 9.79. The van der Waals surface area contributed by atoms with Crippen LogP contribution < -0.4 is 0 Å². The van der Waals surface area contributed by atoms with Crippen LogP contribution in [0, 0.1) is 11.8 Å². The summed E-state index contributed by atoms with van der Waals surface area (Å²) in [6.45, 7) is 9.30. The number of rotatable bonds is 3. The number of amides is 1. The highest BCUT2D eigenvalue weighted by molar-refractivity contribution is 5.78. The molecule has 2 heterocycles. The first kappa shape index (κ1) is 15.1. The van der Waals surface area contributed by atoms with Crippen LogP contribution >= 0.6 is 0 Å². The molecule has 3 heteroatoms. The summed E-state index contributed by atoms with van der Waals surface area (Å²) in [5.74, 6) is 1.98. The highest BCUT2D eigenvalue weighted by Gasteiger charge is 2.32. The van der Waals surface area contributed by atoms with E-state index in [4.69, 9.17) is 0 Å². The van der Waals surface area contributed by atoms with Crippen molar-refractivity contribution >= 4 is 5.91 Å². The number of nitrogens with zero attached hydrogens (tertiary/aromatic N) is 2. The molecule has 1 amide bonds. The van der Waals surface area contributed by atoms with Crippen molar-refractivity contribution in [3.8, 4) is 0 Å². The van der Waals surface area contributed by atoms with Gasteiger partial charge in [-0.1, -0.05) is 18.6 Å². The SMILES string of the molecule is CC1=CCC[C@@H](C)[C@@H]1CN1CCC(N2CCCC2=O)CC1. The second-order valence-electron chi connectivity index (χ2n) is 7.33. The Labute approximate surface area is 129 Å². The van der Waals surface area contributed by atoms with E-state index in [-0.39, 0.29) is 0 Å². The van der Waals surface area contributed by atoms with Crippen LogP contribution in [0.3, 0.4) is 0 Å². The quantitative estimate of drug-likeness (QED) is 0.746. The van der Waals surface area contributed by atoms with Crippen molar-refractivity contribution in [1.29, 1.82) is 0 Å². The third-order valence-corrected chi connectivity index (χ3v) is 5.92. The van der Waals surface area contributed by atoms with Crippen LogP contribution in [-0.2, 0) is 4.79 Å². The lowest BCUT2D eigenvalue weighted by Gasteiger charge is -2.40. The molecule has 3 aliphatic rings. The summed E-state index contributed by atoms with van der Waals surface area (Å²) >= 11 is 0. The van der Waals surface area contributed by atoms with Crippen molar-refractivity contribution in [3.05, 3.63) is 11.6 Å². The molecule has 2 saturated heterocycles. The topological polar surface area (TPSA) is 23.6 Å². The molecule has 0 bridgehead atoms. The molecule has 0 saturated carbocycles. The van der Waals surface area contributed by atoms with Crippen LogP contribution in [0.2, 0.25) is 0 Å². The molecule has 2 atom stereocenters. The largest absolute Gasteiger partial charge is 0.340 e. The minimum Gasteiger partial charge on any atom is -0.340 e. The number of allylic oxidation sites excluding steroid dienone is 1. The summed E-state index contributed by atoms with van der Waals surface area (Å²) in [6, 6.07) is 0.525. The average Bonchev–Trinajstić information content (AvgIpc) is 2.90. The normalized spacial score (nSPS) is 32.6. The van der Waals surface area contributed by atoms with Gasteiger partial charge in [0.05, 0.1) is 0 Å². The number of carbonyl (C=O) groups is 1. The van der Waals surface area contributed by atoms with Crippen molar-refractivity contribution in [2.24, 2.45) is 11.8 Å². The first-order valence-electron chi connectivity index (χ1n) is 8.83. The lowest BCUT2D eigenvalue weighted by molar-refractivity contribution is -0.130. The zero-order chi connectivity index (χ0) is 14.8. The fourth-order valence-electron chi connectivity index (χ4n) is 4.45. The molecule has 1 aliphatic carbocycles. The van der Waals surface area contributed by atoms with Crippen LogP contribution in [0.1, 0.15) is 52.4 Å². The van der Waals surface area contributed by atoms with Crippen LogP contribution in [0.25, 0.3) is 0 Å². The predicted molar refractivity (Wildman–Crippen MR) is 86.1 cm³/mol. The van der Waals surface area contributed by atoms with E-state index in [1.54, 1.807) is 5.57 Å². The van der Waals surface area contributed by atoms with Gasteiger partial charge in [0.25, 0.3) is 0 Å². The summed E-state index contributed by atoms with van der Waals surface area (Å²) < 4.78 is 0. The van der Waals surface area contributed by atoms with Crippen molar-refractivity contribution in [2.45, 2.75) is 58.4 Å². The van der Waals surface area contributed by atoms with Crippen LogP contribution in [0.15, 0.2) is 11.6 Å². The van der Waals surface area contributed by atoms with Gasteiger partial charge in [-0.25, -0.2) is 0 Å². The Balaban J connectivity index is 1.50. The minimum absolute atomic E-state index is 0.396. The van der Waals surface area contributed by atoms with E-state index < -0.39 is 0 Å². The van der Waals surface area contributed by atoms with Gasteiger partial charge in [0.2, 0.25) is 5.91 Å². The maximum atomic E-state index is 11.9. The Morgan fingerprint density at radius 2 is 1.95 bits per heavy atom. The van der Waals surface area contributed by atoms with E-state index in [0.717, 1.165) is 31.2 Å². The monoisotopic (exact) mass is 290 g/mol. The number of hydrogen-bond donors (Lipinski definition) is 0. The van der Waals surface area contributed by atoms with Gasteiger partial charge in [0, 0.05) is 38.6 Å². The van der Waals surface area contributed by atoms with Crippen molar-refractivity contribution < 1.29 is 4.79 Å². The zero-order valence-corrected chi connectivity index (χ0v) is 13.7. The zero-order valence-electron chi connectivity index (χ0n) is 13.7. The van der Waals surface area contributed by atoms with Crippen LogP contribution in [0.5, 0.6) is 0 Å². The van der Waals surface area contributed by atoms with Crippen molar-refractivity contribution in [2.75, 3.05) is 26.2 Å². The van der Waals surface area contributed by atoms with Gasteiger partial charge < -0.3 is 9.80 Å². The standard InChI is InChI=1S/C18H30N2O/c1-14-5-3-6-15(2)17(14)13-19-11-8-16(9-12-19)20-10-4-7-18(20)21/h5,15-17H,3-4,6-13H2,1-2H3/t15-,17-/m1/s1. The number of likely N-dealkylation sites (tertiary alicyclic amines) is 2. The second kappa shape index (κ2) is 6.51. The molecular weight excluding hydrogens is 260 g/mol. The molecule has 0 aromatic carbocycles. The van der Waals surface area contributed by atoms with Gasteiger partial charge >= 0.3 is 0 Å². The molecule has 3 nitrogen and oxygen atoms in total. The summed E-state index contributed by atoms with van der Waals surface area (Å²) in [5.41, 5.74) is 1.60. The maximum Gasteiger partial charge on any atom is 0.222 e. The molecular formula is C18H30N2O. The van der Waals surface area contributed by atoms with Gasteiger partial charge in [0.15, 0.2) is 0 Å². The highest BCUT2D eigenvalue weighted by Crippen LogP contribution is 2.32. The molecule has 2 aliphatic heterocycles. The molecule has 3 rings (SSSR count). The Morgan fingerprint density at radius 1 is 1.19 bits per heavy atom. The molecule has 118 valence electrons. The molecule has 2 fully saturated rings. The number of hydrogen-bond acceptors (Lipinski definition) is 2. The predicted octanol–water partition coefficient (Wildman–Crippen LogP) is 3.07. The minimum atomic E-state index is 0.396. The van der Waals surface area contributed by atoms with Gasteiger partial charge in [-0.3, -0.25) is 4.79 Å². The van der Waals surface area contributed by atoms with Crippen LogP contribution in [-0.4, -0.2) is 47.9 Å². The summed E-state index contributed by atoms with van der Waals surface area (Å²) in [5, 5.41) is 0. The van der Waals surface area contributed by atoms with E-state index in [9.17, 15) is 4.79 Å². The molecule has 21 heavy (non-hydrogen) atoms. The molecule has 0 aromatic heterocycles. The molecule has 0 spiro atoms. The summed E-state index contributed by atoms with van der Waals surface area (Å²) in [4.78, 5) is 16.7. The number of carbonyl (C=O) groups excluding carboxylic acids is 1. The van der Waals surface area contributed by atoms with Crippen molar-refractivity contribution in [1.82, 2.24) is 9.80 Å². The second-order valence-corrected chi connectivity index (χ2v) is 7.33. The first-order chi connectivity index (χ1) is 10.1. The molecule has 0 unspecified atom stereocenters. The van der Waals surface area contributed by atoms with Gasteiger partial charge in [-0.2, -0.15) is 0 Å². The summed E-state index contributed by atoms with van der Waals surface area (Å²) in [6.07, 6.45) is 9.27. The molecule has 0 aromatic rings. The summed E-state index contributed by atoms with van der Waals surface area (Å²) in [7, 11) is 0. The van der Waals surface area contributed by atoms with Gasteiger partial charge in [0.1, 0.15) is 0 Å². The Bertz CT molecular complexity index is 409. The molecule has 0 radical (unpaired) electrons. The van der Waals surface area contributed by atoms with E-state index in [1.165, 1.54) is 45.3 Å². The fraction of sp³-hybridized carbons (Fsp3) is 0.833. The maximum absolute atomic E-state index is 11.9. The van der Waals surface area contributed by atoms with E-state index in [2.05, 4.69) is 29.7 Å². The Morgan fingerprint density at radius 3 is 2.57 bits per heavy atom. The third-order valence-electron chi connectivity index (χ3n) is 5.92. The first-order valence-corrected chi connectivity index (χ1v) is 8.83. The third kappa shape index (κ3) is 3.33. The van der Waals surface area contributed by atoms with Crippen molar-refractivity contribution in [3.63, 3.8) is 0 Å². The van der Waals surface area contributed by atoms with E-state index in [1.807, 2.05) is 0 Å². The number of piperidine rings is 1. The lowest BCUT2D eigenvalue weighted by Crippen LogP contribution is -2.47. The van der Waals surface area contributed by atoms with Crippen LogP contribution in [0.4, 0.5) is 0 Å². The Hall–Kier alpha value is -0.830. The van der Waals surface area contributed by atoms with E-state index in [0.29, 0.717) is 11.9 Å². The highest BCUT2D eigenvalue weighted by atomic mass is 16.2. The van der Waals surface area contributed by atoms with E-state index >= 15 is 0 Å².